The van der Waals surface area contributed by atoms with Gasteiger partial charge in [0, 0.05) is 11.6 Å². The van der Waals surface area contributed by atoms with Gasteiger partial charge in [-0.2, -0.15) is 0 Å². The second kappa shape index (κ2) is 6.53. The van der Waals surface area contributed by atoms with Gasteiger partial charge in [-0.3, -0.25) is 4.79 Å². The Morgan fingerprint density at radius 1 is 1.23 bits per heavy atom. The fourth-order valence-corrected chi connectivity index (χ4v) is 3.34. The lowest BCUT2D eigenvalue weighted by molar-refractivity contribution is -0.131. The molecule has 0 spiro atoms. The molecule has 3 rings (SSSR count). The molecule has 1 saturated heterocycles. The van der Waals surface area contributed by atoms with Gasteiger partial charge < -0.3 is 4.90 Å². The zero-order valence-corrected chi connectivity index (χ0v) is 13.5. The normalized spacial score (nSPS) is 17.7. The molecule has 0 aliphatic carbocycles. The molecule has 0 bridgehead atoms. The number of amides is 1. The highest BCUT2D eigenvalue weighted by molar-refractivity contribution is 6.30. The molecule has 2 aromatic carbocycles. The van der Waals surface area contributed by atoms with Crippen LogP contribution in [-0.2, 0) is 11.2 Å². The van der Waals surface area contributed by atoms with Crippen molar-refractivity contribution in [1.29, 1.82) is 0 Å². The number of rotatable bonds is 3. The quantitative estimate of drug-likeness (QED) is 0.813. The Hall–Kier alpha value is -1.80. The molecule has 22 heavy (non-hydrogen) atoms. The van der Waals surface area contributed by atoms with Crippen LogP contribution in [0.2, 0.25) is 5.02 Å². The summed E-state index contributed by atoms with van der Waals surface area (Å²) in [7, 11) is 0. The van der Waals surface area contributed by atoms with Crippen molar-refractivity contribution in [3.8, 4) is 0 Å². The minimum absolute atomic E-state index is 0.186. The van der Waals surface area contributed by atoms with Crippen LogP contribution in [0.15, 0.2) is 48.5 Å². The Morgan fingerprint density at radius 2 is 2.00 bits per heavy atom. The van der Waals surface area contributed by atoms with Crippen molar-refractivity contribution in [2.75, 3.05) is 6.54 Å². The van der Waals surface area contributed by atoms with Gasteiger partial charge in [0.2, 0.25) is 5.91 Å². The topological polar surface area (TPSA) is 20.3 Å². The maximum Gasteiger partial charge on any atom is 0.227 e. The van der Waals surface area contributed by atoms with Crippen molar-refractivity contribution in [1.82, 2.24) is 4.90 Å². The molecule has 1 aliphatic rings. The summed E-state index contributed by atoms with van der Waals surface area (Å²) >= 11 is 6.00. The number of carbonyl (C=O) groups excluding carboxylic acids is 1. The highest BCUT2D eigenvalue weighted by Crippen LogP contribution is 2.32. The van der Waals surface area contributed by atoms with Gasteiger partial charge in [-0.05, 0) is 43.0 Å². The van der Waals surface area contributed by atoms with E-state index in [2.05, 4.69) is 31.2 Å². The third kappa shape index (κ3) is 3.33. The highest BCUT2D eigenvalue weighted by Gasteiger charge is 2.29. The van der Waals surface area contributed by atoms with Crippen molar-refractivity contribution in [2.24, 2.45) is 0 Å². The summed E-state index contributed by atoms with van der Waals surface area (Å²) in [6, 6.07) is 16.3. The van der Waals surface area contributed by atoms with Crippen LogP contribution in [0.5, 0.6) is 0 Å². The summed E-state index contributed by atoms with van der Waals surface area (Å²) in [6.45, 7) is 2.93. The summed E-state index contributed by atoms with van der Waals surface area (Å²) in [5, 5.41) is 0.682. The van der Waals surface area contributed by atoms with E-state index < -0.39 is 0 Å². The van der Waals surface area contributed by atoms with Crippen LogP contribution >= 0.6 is 11.6 Å². The molecule has 0 saturated carbocycles. The SMILES string of the molecule is Cc1ccc([C@H]2CCCN2C(=O)Cc2cccc(Cl)c2)cc1. The number of benzene rings is 2. The molecule has 0 aromatic heterocycles. The van der Waals surface area contributed by atoms with Crippen molar-refractivity contribution >= 4 is 17.5 Å². The number of likely N-dealkylation sites (tertiary alicyclic amines) is 1. The van der Waals surface area contributed by atoms with Crippen molar-refractivity contribution in [2.45, 2.75) is 32.2 Å². The fraction of sp³-hybridized carbons (Fsp3) is 0.316. The van der Waals surface area contributed by atoms with Gasteiger partial charge >= 0.3 is 0 Å². The lowest BCUT2D eigenvalue weighted by Gasteiger charge is -2.25. The van der Waals surface area contributed by atoms with Gasteiger partial charge in [0.05, 0.1) is 12.5 Å². The van der Waals surface area contributed by atoms with Crippen LogP contribution in [0.1, 0.15) is 35.6 Å². The first-order valence-electron chi connectivity index (χ1n) is 7.74. The maximum atomic E-state index is 12.7. The molecule has 3 heteroatoms. The first-order valence-corrected chi connectivity index (χ1v) is 8.12. The highest BCUT2D eigenvalue weighted by atomic mass is 35.5. The summed E-state index contributed by atoms with van der Waals surface area (Å²) in [5.41, 5.74) is 3.47. The van der Waals surface area contributed by atoms with Crippen LogP contribution < -0.4 is 0 Å². The predicted octanol–water partition coefficient (Wildman–Crippen LogP) is 4.55. The Kier molecular flexibility index (Phi) is 4.49. The van der Waals surface area contributed by atoms with Crippen molar-refractivity contribution < 1.29 is 4.79 Å². The lowest BCUT2D eigenvalue weighted by Crippen LogP contribution is -2.31. The number of nitrogens with zero attached hydrogens (tertiary/aromatic N) is 1. The van der Waals surface area contributed by atoms with E-state index in [-0.39, 0.29) is 11.9 Å². The number of carbonyl (C=O) groups is 1. The van der Waals surface area contributed by atoms with E-state index in [1.54, 1.807) is 0 Å². The molecule has 1 atom stereocenters. The molecule has 0 unspecified atom stereocenters. The molecule has 1 heterocycles. The Morgan fingerprint density at radius 3 is 2.73 bits per heavy atom. The minimum Gasteiger partial charge on any atom is -0.335 e. The van der Waals surface area contributed by atoms with Crippen LogP contribution in [0, 0.1) is 6.92 Å². The van der Waals surface area contributed by atoms with Gasteiger partial charge in [0.25, 0.3) is 0 Å². The Bertz CT molecular complexity index is 665. The van der Waals surface area contributed by atoms with E-state index in [1.807, 2.05) is 29.2 Å². The van der Waals surface area contributed by atoms with E-state index in [0.717, 1.165) is 24.9 Å². The van der Waals surface area contributed by atoms with Crippen molar-refractivity contribution in [3.05, 3.63) is 70.2 Å². The molecule has 0 N–H and O–H groups in total. The smallest absolute Gasteiger partial charge is 0.227 e. The summed E-state index contributed by atoms with van der Waals surface area (Å²) < 4.78 is 0. The van der Waals surface area contributed by atoms with Crippen LogP contribution in [-0.4, -0.2) is 17.4 Å². The molecule has 2 aromatic rings. The van der Waals surface area contributed by atoms with Gasteiger partial charge in [-0.1, -0.05) is 53.6 Å². The van der Waals surface area contributed by atoms with Gasteiger partial charge in [0.15, 0.2) is 0 Å². The summed E-state index contributed by atoms with van der Waals surface area (Å²) in [6.07, 6.45) is 2.53. The van der Waals surface area contributed by atoms with Gasteiger partial charge in [0.1, 0.15) is 0 Å². The molecule has 0 radical (unpaired) electrons. The number of hydrogen-bond acceptors (Lipinski definition) is 1. The maximum absolute atomic E-state index is 12.7. The molecule has 1 aliphatic heterocycles. The lowest BCUT2D eigenvalue weighted by atomic mass is 10.0. The molecule has 1 amide bonds. The standard InChI is InChI=1S/C19H20ClNO/c1-14-7-9-16(10-8-14)18-6-3-11-21(18)19(22)13-15-4-2-5-17(20)12-15/h2,4-5,7-10,12,18H,3,6,11,13H2,1H3/t18-/m1/s1. The molecule has 1 fully saturated rings. The molecule has 2 nitrogen and oxygen atoms in total. The van der Waals surface area contributed by atoms with E-state index in [9.17, 15) is 4.79 Å². The molecule has 114 valence electrons. The summed E-state index contributed by atoms with van der Waals surface area (Å²) in [4.78, 5) is 14.7. The zero-order valence-electron chi connectivity index (χ0n) is 12.8. The van der Waals surface area contributed by atoms with Gasteiger partial charge in [-0.15, -0.1) is 0 Å². The van der Waals surface area contributed by atoms with E-state index >= 15 is 0 Å². The number of hydrogen-bond donors (Lipinski definition) is 0. The van der Waals surface area contributed by atoms with E-state index in [0.29, 0.717) is 11.4 Å². The molecular formula is C19H20ClNO. The second-order valence-electron chi connectivity index (χ2n) is 5.96. The first-order chi connectivity index (χ1) is 10.6. The summed E-state index contributed by atoms with van der Waals surface area (Å²) in [5.74, 6) is 0.186. The number of halogens is 1. The van der Waals surface area contributed by atoms with E-state index in [1.165, 1.54) is 11.1 Å². The van der Waals surface area contributed by atoms with Crippen LogP contribution in [0.4, 0.5) is 0 Å². The van der Waals surface area contributed by atoms with Crippen molar-refractivity contribution in [3.63, 3.8) is 0 Å². The third-order valence-corrected chi connectivity index (χ3v) is 4.51. The monoisotopic (exact) mass is 313 g/mol. The van der Waals surface area contributed by atoms with Crippen LogP contribution in [0.25, 0.3) is 0 Å². The average Bonchev–Trinajstić information content (AvgIpc) is 2.97. The van der Waals surface area contributed by atoms with Crippen LogP contribution in [0.3, 0.4) is 0 Å². The first kappa shape index (κ1) is 15.1. The zero-order chi connectivity index (χ0) is 15.5. The molecular weight excluding hydrogens is 294 g/mol. The Labute approximate surface area is 136 Å². The fourth-order valence-electron chi connectivity index (χ4n) is 3.12. The van der Waals surface area contributed by atoms with E-state index in [4.69, 9.17) is 11.6 Å². The van der Waals surface area contributed by atoms with Gasteiger partial charge in [-0.25, -0.2) is 0 Å². The number of aryl methyl sites for hydroxylation is 1. The Balaban J connectivity index is 1.75. The minimum atomic E-state index is 0.186. The second-order valence-corrected chi connectivity index (χ2v) is 6.40. The third-order valence-electron chi connectivity index (χ3n) is 4.28. The predicted molar refractivity (Wildman–Crippen MR) is 90.0 cm³/mol. The largest absolute Gasteiger partial charge is 0.335 e. The average molecular weight is 314 g/mol.